The van der Waals surface area contributed by atoms with Crippen molar-refractivity contribution in [1.82, 2.24) is 5.01 Å². The minimum atomic E-state index is -3.22. The summed E-state index contributed by atoms with van der Waals surface area (Å²) in [6, 6.07) is 6.81. The van der Waals surface area contributed by atoms with Gasteiger partial charge in [0.1, 0.15) is 17.6 Å². The third-order valence-corrected chi connectivity index (χ3v) is 8.12. The Morgan fingerprint density at radius 3 is 2.70 bits per heavy atom. The van der Waals surface area contributed by atoms with Gasteiger partial charge in [-0.05, 0) is 61.6 Å². The van der Waals surface area contributed by atoms with Crippen LogP contribution in [0.15, 0.2) is 56.3 Å². The number of furan rings is 2. The maximum Gasteiger partial charge on any atom is 0.310 e. The molecular weight excluding hydrogens is 448 g/mol. The van der Waals surface area contributed by atoms with Crippen LogP contribution in [0.4, 0.5) is 0 Å². The Kier molecular flexibility index (Phi) is 5.69. The van der Waals surface area contributed by atoms with E-state index in [1.54, 1.807) is 18.6 Å². The highest BCUT2D eigenvalue weighted by Crippen LogP contribution is 2.44. The number of sulfone groups is 1. The Balaban J connectivity index is 1.36. The zero-order valence-corrected chi connectivity index (χ0v) is 18.7. The predicted octanol–water partition coefficient (Wildman–Crippen LogP) is 2.97. The smallest absolute Gasteiger partial charge is 0.310 e. The summed E-state index contributed by atoms with van der Waals surface area (Å²) >= 11 is 0. The van der Waals surface area contributed by atoms with Gasteiger partial charge in [0, 0.05) is 5.92 Å². The average molecular weight is 473 g/mol. The molecule has 0 radical (unpaired) electrons. The first-order valence-corrected chi connectivity index (χ1v) is 12.8. The summed E-state index contributed by atoms with van der Waals surface area (Å²) in [4.78, 5) is 25.4. The number of hydrazone groups is 1. The summed E-state index contributed by atoms with van der Waals surface area (Å²) in [6.45, 7) is -0.507. The molecule has 2 aromatic heterocycles. The number of allylic oxidation sites excluding steroid dienone is 1. The van der Waals surface area contributed by atoms with Crippen LogP contribution in [0.3, 0.4) is 0 Å². The molecule has 1 saturated heterocycles. The SMILES string of the molecule is O=C(OCC(=O)N1N=C2C(=Cc3ccco3)CCCC2C1c1ccco1)C1CCS(=O)(=O)C1. The molecule has 1 amide bonds. The van der Waals surface area contributed by atoms with Gasteiger partial charge in [-0.2, -0.15) is 5.10 Å². The summed E-state index contributed by atoms with van der Waals surface area (Å²) in [5, 5.41) is 6.00. The van der Waals surface area contributed by atoms with Crippen molar-refractivity contribution in [3.8, 4) is 0 Å². The molecule has 2 aliphatic heterocycles. The largest absolute Gasteiger partial charge is 0.467 e. The van der Waals surface area contributed by atoms with Gasteiger partial charge < -0.3 is 13.6 Å². The van der Waals surface area contributed by atoms with E-state index in [-0.39, 0.29) is 23.8 Å². The monoisotopic (exact) mass is 472 g/mol. The summed E-state index contributed by atoms with van der Waals surface area (Å²) in [5.41, 5.74) is 1.81. The molecule has 0 spiro atoms. The molecule has 0 N–H and O–H groups in total. The topological polar surface area (TPSA) is 119 Å². The summed E-state index contributed by atoms with van der Waals surface area (Å²) in [6.07, 6.45) is 7.91. The number of hydrogen-bond donors (Lipinski definition) is 0. The standard InChI is InChI=1S/C23H24N2O7S/c26-20(13-32-23(27)16-8-11-33(28,29)14-16)25-22(19-7-3-10-31-19)18-6-1-4-15(21(18)24-25)12-17-5-2-9-30-17/h2-3,5,7,9-10,12,16,18,22H,1,4,6,8,11,13-14H2. The van der Waals surface area contributed by atoms with Crippen molar-refractivity contribution < 1.29 is 31.6 Å². The molecule has 3 unspecified atom stereocenters. The molecule has 0 bridgehead atoms. The lowest BCUT2D eigenvalue weighted by Crippen LogP contribution is -2.35. The van der Waals surface area contributed by atoms with Crippen molar-refractivity contribution in [3.63, 3.8) is 0 Å². The third-order valence-electron chi connectivity index (χ3n) is 6.36. The number of ether oxygens (including phenoxy) is 1. The quantitative estimate of drug-likeness (QED) is 0.614. The molecule has 2 fully saturated rings. The van der Waals surface area contributed by atoms with Gasteiger partial charge in [0.15, 0.2) is 16.4 Å². The fourth-order valence-electron chi connectivity index (χ4n) is 4.79. The molecule has 10 heteroatoms. The van der Waals surface area contributed by atoms with Crippen LogP contribution in [0.1, 0.15) is 43.2 Å². The van der Waals surface area contributed by atoms with Crippen molar-refractivity contribution in [2.24, 2.45) is 16.9 Å². The number of fused-ring (bicyclic) bond motifs is 1. The maximum absolute atomic E-state index is 13.1. The van der Waals surface area contributed by atoms with Crippen LogP contribution in [0.25, 0.3) is 6.08 Å². The second-order valence-corrected chi connectivity index (χ2v) is 10.8. The second kappa shape index (κ2) is 8.66. The molecule has 3 aliphatic rings. The van der Waals surface area contributed by atoms with Gasteiger partial charge in [-0.1, -0.05) is 0 Å². The highest BCUT2D eigenvalue weighted by Gasteiger charge is 2.45. The molecule has 1 saturated carbocycles. The van der Waals surface area contributed by atoms with Crippen LogP contribution in [0.2, 0.25) is 0 Å². The summed E-state index contributed by atoms with van der Waals surface area (Å²) in [7, 11) is -3.22. The zero-order chi connectivity index (χ0) is 23.0. The van der Waals surface area contributed by atoms with Crippen LogP contribution in [0, 0.1) is 11.8 Å². The molecule has 1 aliphatic carbocycles. The van der Waals surface area contributed by atoms with Gasteiger partial charge in [0.2, 0.25) is 0 Å². The molecular formula is C23H24N2O7S. The van der Waals surface area contributed by atoms with Gasteiger partial charge in [-0.25, -0.2) is 13.4 Å². The number of carbonyl (C=O) groups excluding carboxylic acids is 2. The Bertz CT molecular complexity index is 1200. The first-order valence-electron chi connectivity index (χ1n) is 11.0. The maximum atomic E-state index is 13.1. The van der Waals surface area contributed by atoms with Gasteiger partial charge >= 0.3 is 5.97 Å². The van der Waals surface area contributed by atoms with Crippen LogP contribution in [0.5, 0.6) is 0 Å². The first kappa shape index (κ1) is 21.7. The van der Waals surface area contributed by atoms with E-state index in [0.29, 0.717) is 11.5 Å². The van der Waals surface area contributed by atoms with Crippen LogP contribution >= 0.6 is 0 Å². The Hall–Kier alpha value is -3.14. The van der Waals surface area contributed by atoms with Crippen LogP contribution in [-0.2, 0) is 24.2 Å². The van der Waals surface area contributed by atoms with E-state index < -0.39 is 40.3 Å². The van der Waals surface area contributed by atoms with Crippen LogP contribution < -0.4 is 0 Å². The second-order valence-electron chi connectivity index (χ2n) is 8.58. The van der Waals surface area contributed by atoms with Crippen molar-refractivity contribution in [3.05, 3.63) is 53.9 Å². The predicted molar refractivity (Wildman–Crippen MR) is 117 cm³/mol. The van der Waals surface area contributed by atoms with Crippen LogP contribution in [-0.4, -0.2) is 49.1 Å². The van der Waals surface area contributed by atoms with E-state index in [1.165, 1.54) is 5.01 Å². The molecule has 4 heterocycles. The number of amides is 1. The molecule has 33 heavy (non-hydrogen) atoms. The normalized spacial score (nSPS) is 27.4. The average Bonchev–Trinajstić information content (AvgIpc) is 3.57. The summed E-state index contributed by atoms with van der Waals surface area (Å²) < 4.78 is 39.6. The Labute approximate surface area is 191 Å². The Morgan fingerprint density at radius 2 is 2.00 bits per heavy atom. The number of rotatable bonds is 5. The summed E-state index contributed by atoms with van der Waals surface area (Å²) in [5.74, 6) is -0.860. The first-order chi connectivity index (χ1) is 15.9. The van der Waals surface area contributed by atoms with E-state index in [9.17, 15) is 18.0 Å². The van der Waals surface area contributed by atoms with Crippen molar-refractivity contribution in [1.29, 1.82) is 0 Å². The number of hydrogen-bond acceptors (Lipinski definition) is 8. The molecule has 2 aromatic rings. The minimum Gasteiger partial charge on any atom is -0.467 e. The van der Waals surface area contributed by atoms with E-state index in [1.807, 2.05) is 24.3 Å². The zero-order valence-electron chi connectivity index (χ0n) is 17.9. The number of carbonyl (C=O) groups is 2. The molecule has 3 atom stereocenters. The van der Waals surface area contributed by atoms with E-state index >= 15 is 0 Å². The van der Waals surface area contributed by atoms with Crippen molar-refractivity contribution in [2.45, 2.75) is 31.7 Å². The lowest BCUT2D eigenvalue weighted by Gasteiger charge is -2.27. The highest BCUT2D eigenvalue weighted by molar-refractivity contribution is 7.91. The highest BCUT2D eigenvalue weighted by atomic mass is 32.2. The lowest BCUT2D eigenvalue weighted by molar-refractivity contribution is -0.155. The molecule has 9 nitrogen and oxygen atoms in total. The molecule has 0 aromatic carbocycles. The fraction of sp³-hybridized carbons (Fsp3) is 0.435. The Morgan fingerprint density at radius 1 is 1.18 bits per heavy atom. The minimum absolute atomic E-state index is 0.0342. The van der Waals surface area contributed by atoms with Crippen molar-refractivity contribution in [2.75, 3.05) is 18.1 Å². The van der Waals surface area contributed by atoms with Gasteiger partial charge in [0.25, 0.3) is 5.91 Å². The molecule has 174 valence electrons. The fourth-order valence-corrected chi connectivity index (χ4v) is 6.51. The number of nitrogens with zero attached hydrogens (tertiary/aromatic N) is 2. The molecule has 5 rings (SSSR count). The van der Waals surface area contributed by atoms with E-state index in [4.69, 9.17) is 13.6 Å². The van der Waals surface area contributed by atoms with E-state index in [2.05, 4.69) is 5.10 Å². The van der Waals surface area contributed by atoms with Gasteiger partial charge in [-0.15, -0.1) is 0 Å². The van der Waals surface area contributed by atoms with Crippen molar-refractivity contribution >= 4 is 33.5 Å². The third kappa shape index (κ3) is 4.39. The van der Waals surface area contributed by atoms with Gasteiger partial charge in [0.05, 0.1) is 35.7 Å². The lowest BCUT2D eigenvalue weighted by atomic mass is 9.79. The van der Waals surface area contributed by atoms with Gasteiger partial charge in [-0.3, -0.25) is 9.59 Å². The number of esters is 1. The van der Waals surface area contributed by atoms with E-state index in [0.717, 1.165) is 30.5 Å².